The van der Waals surface area contributed by atoms with Crippen LogP contribution in [0.5, 0.6) is 11.5 Å². The number of nitrogen functional groups attached to an aromatic ring is 2. The molecule has 0 unspecified atom stereocenters. The fourth-order valence-electron chi connectivity index (χ4n) is 2.64. The number of carbonyl (C=O) groups excluding carboxylic acids is 2. The number of hydrogen-bond donors (Lipinski definition) is 8. The van der Waals surface area contributed by atoms with Crippen molar-refractivity contribution in [1.29, 1.82) is 10.8 Å². The molecule has 0 fully saturated rings. The molecular weight excluding hydrogens is 664 g/mol. The molecule has 0 radical (unpaired) electrons. The van der Waals surface area contributed by atoms with Gasteiger partial charge in [-0.1, -0.05) is 0 Å². The Bertz CT molecular complexity index is 1380. The number of hydrogen-bond acceptors (Lipinski definition) is 14. The van der Waals surface area contributed by atoms with Gasteiger partial charge < -0.3 is 31.2 Å². The Morgan fingerprint density at radius 3 is 1.19 bits per heavy atom. The molecule has 0 atom stereocenters. The van der Waals surface area contributed by atoms with Gasteiger partial charge in [0, 0.05) is 11.1 Å². The molecule has 0 aliphatic heterocycles. The molecule has 0 saturated heterocycles. The van der Waals surface area contributed by atoms with Crippen LogP contribution in [0, 0.1) is 10.8 Å². The third-order valence-corrected chi connectivity index (χ3v) is 6.20. The van der Waals surface area contributed by atoms with Crippen molar-refractivity contribution in [3.05, 3.63) is 59.7 Å². The first-order valence-corrected chi connectivity index (χ1v) is 16.7. The first-order valence-electron chi connectivity index (χ1n) is 13.4. The molecule has 20 heteroatoms. The minimum atomic E-state index is -3.92. The van der Waals surface area contributed by atoms with E-state index in [0.29, 0.717) is 24.3 Å². The van der Waals surface area contributed by atoms with Crippen LogP contribution in [0.4, 0.5) is 0 Å². The average molecular weight is 705 g/mol. The largest absolute Gasteiger partial charge is 0.494 e. The molecule has 10 N–H and O–H groups in total. The summed E-state index contributed by atoms with van der Waals surface area (Å²) in [4.78, 5) is 24.9. The molecule has 2 aromatic rings. The second kappa shape index (κ2) is 26.7. The lowest BCUT2D eigenvalue weighted by molar-refractivity contribution is 0.279. The highest BCUT2D eigenvalue weighted by Gasteiger charge is 2.01. The number of nitrogens with one attached hydrogen (secondary N) is 2. The zero-order valence-electron chi connectivity index (χ0n) is 25.3. The summed E-state index contributed by atoms with van der Waals surface area (Å²) in [6.45, 7) is 0.675. The Morgan fingerprint density at radius 2 is 0.979 bits per heavy atom. The first kappa shape index (κ1) is 44.6. The number of nitrogens with two attached hydrogens (primary N) is 2. The maximum atomic E-state index is 9.63. The van der Waals surface area contributed by atoms with Crippen molar-refractivity contribution in [2.24, 2.45) is 21.5 Å². The standard InChI is InChI=1S/C19H24N4O2.C4H4N2O2.2C2H6O4S/c20-18(21)14-4-8-16(9-5-14)24-12-2-1-3-13-25-17-10-6-15(7-11-17)19(22)23;7-3-5-1-2-6-4-8;2*3-1-2-7(4,5)6/h4-11H,1-3,12-13H2,(H3,20,21)(H3,22,23);1-2H2;2*3H,1-2H2,(H,4,5,6). The molecule has 47 heavy (non-hydrogen) atoms. The van der Waals surface area contributed by atoms with Crippen molar-refractivity contribution >= 4 is 44.1 Å². The van der Waals surface area contributed by atoms with Gasteiger partial charge in [0.2, 0.25) is 12.2 Å². The van der Waals surface area contributed by atoms with Crippen LogP contribution in [0.25, 0.3) is 0 Å². The molecule has 2 rings (SSSR count). The van der Waals surface area contributed by atoms with E-state index in [-0.39, 0.29) is 24.8 Å². The normalized spacial score (nSPS) is 10.0. The van der Waals surface area contributed by atoms with E-state index in [0.717, 1.165) is 30.8 Å². The van der Waals surface area contributed by atoms with Crippen LogP contribution in [0.2, 0.25) is 0 Å². The first-order chi connectivity index (χ1) is 22.1. The lowest BCUT2D eigenvalue weighted by atomic mass is 10.2. The van der Waals surface area contributed by atoms with Gasteiger partial charge >= 0.3 is 0 Å². The molecule has 18 nitrogen and oxygen atoms in total. The van der Waals surface area contributed by atoms with Gasteiger partial charge in [-0.3, -0.25) is 19.9 Å². The predicted octanol–water partition coefficient (Wildman–Crippen LogP) is 0.274. The molecule has 0 saturated carbocycles. The van der Waals surface area contributed by atoms with E-state index >= 15 is 0 Å². The Morgan fingerprint density at radius 1 is 0.660 bits per heavy atom. The SMILES string of the molecule is N=C(N)c1ccc(OCCCCCOc2ccc(C(=N)N)cc2)cc1.O=C=NCCN=C=O.O=S(=O)(O)CCO.O=S(=O)(O)CCO. The van der Waals surface area contributed by atoms with Gasteiger partial charge in [-0.05, 0) is 67.8 Å². The smallest absolute Gasteiger partial charge is 0.267 e. The summed E-state index contributed by atoms with van der Waals surface area (Å²) < 4.78 is 65.5. The maximum Gasteiger partial charge on any atom is 0.267 e. The Hall–Kier alpha value is -4.52. The van der Waals surface area contributed by atoms with E-state index in [1.807, 2.05) is 24.3 Å². The molecule has 262 valence electrons. The number of aliphatic imine (C=N–C) groups is 2. The zero-order chi connectivity index (χ0) is 36.1. The van der Waals surface area contributed by atoms with E-state index < -0.39 is 45.0 Å². The lowest BCUT2D eigenvalue weighted by Gasteiger charge is -2.08. The fraction of sp³-hybridized carbons (Fsp3) is 0.407. The Balaban J connectivity index is 0. The van der Waals surface area contributed by atoms with Crippen molar-refractivity contribution < 1.29 is 55.2 Å². The van der Waals surface area contributed by atoms with Crippen LogP contribution in [0.15, 0.2) is 58.5 Å². The van der Waals surface area contributed by atoms with Crippen molar-refractivity contribution in [3.8, 4) is 11.5 Å². The summed E-state index contributed by atoms with van der Waals surface area (Å²) in [6, 6.07) is 14.4. The van der Waals surface area contributed by atoms with E-state index in [1.54, 1.807) is 24.3 Å². The quantitative estimate of drug-likeness (QED) is 0.0360. The van der Waals surface area contributed by atoms with Gasteiger partial charge in [-0.15, -0.1) is 0 Å². The predicted molar refractivity (Wildman–Crippen MR) is 173 cm³/mol. The van der Waals surface area contributed by atoms with E-state index in [4.69, 9.17) is 51.1 Å². The van der Waals surface area contributed by atoms with E-state index in [9.17, 15) is 26.4 Å². The number of amidine groups is 2. The molecule has 0 aromatic heterocycles. The van der Waals surface area contributed by atoms with Crippen molar-refractivity contribution in [2.75, 3.05) is 51.0 Å². The molecular formula is C27H40N6O12S2. The van der Waals surface area contributed by atoms with Crippen molar-refractivity contribution in [1.82, 2.24) is 0 Å². The van der Waals surface area contributed by atoms with Gasteiger partial charge in [-0.25, -0.2) is 19.6 Å². The van der Waals surface area contributed by atoms with Gasteiger partial charge in [0.25, 0.3) is 20.2 Å². The highest BCUT2D eigenvalue weighted by Crippen LogP contribution is 2.14. The van der Waals surface area contributed by atoms with Crippen LogP contribution in [0.3, 0.4) is 0 Å². The van der Waals surface area contributed by atoms with E-state index in [2.05, 4.69) is 9.98 Å². The summed E-state index contributed by atoms with van der Waals surface area (Å²) in [5, 5.41) is 30.4. The molecule has 0 spiro atoms. The average Bonchev–Trinajstić information content (AvgIpc) is 2.99. The lowest BCUT2D eigenvalue weighted by Crippen LogP contribution is -2.10. The molecule has 0 bridgehead atoms. The number of unbranched alkanes of at least 4 members (excludes halogenated alkanes) is 2. The molecule has 2 aromatic carbocycles. The maximum absolute atomic E-state index is 9.63. The van der Waals surface area contributed by atoms with E-state index in [1.165, 1.54) is 12.2 Å². The molecule has 0 aliphatic carbocycles. The Kier molecular flexibility index (Phi) is 25.3. The van der Waals surface area contributed by atoms with Crippen molar-refractivity contribution in [3.63, 3.8) is 0 Å². The summed E-state index contributed by atoms with van der Waals surface area (Å²) in [5.41, 5.74) is 12.2. The minimum Gasteiger partial charge on any atom is -0.494 e. The zero-order valence-corrected chi connectivity index (χ0v) is 27.0. The highest BCUT2D eigenvalue weighted by molar-refractivity contribution is 7.86. The summed E-state index contributed by atoms with van der Waals surface area (Å²) in [6.07, 6.45) is 5.53. The summed E-state index contributed by atoms with van der Waals surface area (Å²) in [7, 11) is -7.85. The number of aliphatic hydroxyl groups is 2. The molecule has 0 amide bonds. The van der Waals surface area contributed by atoms with Gasteiger partial charge in [0.15, 0.2) is 0 Å². The number of aliphatic hydroxyl groups excluding tert-OH is 2. The second-order valence-electron chi connectivity index (χ2n) is 8.60. The molecule has 0 heterocycles. The molecule has 0 aliphatic rings. The topological polar surface area (TPSA) is 326 Å². The van der Waals surface area contributed by atoms with Crippen molar-refractivity contribution in [2.45, 2.75) is 19.3 Å². The third-order valence-electron chi connectivity index (χ3n) is 4.81. The van der Waals surface area contributed by atoms with Crippen LogP contribution in [0.1, 0.15) is 30.4 Å². The summed E-state index contributed by atoms with van der Waals surface area (Å²) >= 11 is 0. The van der Waals surface area contributed by atoms with Gasteiger partial charge in [-0.2, -0.15) is 16.8 Å². The fourth-order valence-corrected chi connectivity index (χ4v) is 3.11. The Labute approximate surface area is 272 Å². The van der Waals surface area contributed by atoms with Crippen LogP contribution < -0.4 is 20.9 Å². The number of rotatable bonds is 17. The third kappa shape index (κ3) is 29.9. The minimum absolute atomic E-state index is 0.0579. The van der Waals surface area contributed by atoms with Crippen LogP contribution in [-0.4, -0.2) is 111 Å². The highest BCUT2D eigenvalue weighted by atomic mass is 32.2. The van der Waals surface area contributed by atoms with Crippen LogP contribution >= 0.6 is 0 Å². The number of benzene rings is 2. The number of isocyanates is 2. The number of nitrogens with zero attached hydrogens (tertiary/aromatic N) is 2. The van der Waals surface area contributed by atoms with Crippen LogP contribution in [-0.2, 0) is 29.8 Å². The van der Waals surface area contributed by atoms with Gasteiger partial charge in [0.1, 0.15) is 23.2 Å². The monoisotopic (exact) mass is 704 g/mol. The summed E-state index contributed by atoms with van der Waals surface area (Å²) in [5.74, 6) is 0.531. The van der Waals surface area contributed by atoms with Gasteiger partial charge in [0.05, 0.1) is 51.0 Å². The second-order valence-corrected chi connectivity index (χ2v) is 11.7. The number of ether oxygens (including phenoxy) is 2.